The van der Waals surface area contributed by atoms with Crippen molar-refractivity contribution in [3.63, 3.8) is 0 Å². The molecule has 21 heavy (non-hydrogen) atoms. The van der Waals surface area contributed by atoms with Crippen molar-refractivity contribution >= 4 is 28.9 Å². The number of halogens is 2. The van der Waals surface area contributed by atoms with E-state index in [1.165, 1.54) is 7.11 Å². The molecule has 0 saturated carbocycles. The Morgan fingerprint density at radius 1 is 1.19 bits per heavy atom. The summed E-state index contributed by atoms with van der Waals surface area (Å²) in [5.74, 6) is -3.00. The average molecular weight is 311 g/mol. The minimum Gasteiger partial charge on any atom is -0.465 e. The molecule has 2 aromatic rings. The fourth-order valence-electron chi connectivity index (χ4n) is 1.71. The van der Waals surface area contributed by atoms with Crippen molar-refractivity contribution in [2.45, 2.75) is 6.92 Å². The van der Waals surface area contributed by atoms with Crippen LogP contribution in [-0.2, 0) is 4.74 Å². The second kappa shape index (κ2) is 6.01. The number of nitrogens with one attached hydrogen (secondary N) is 1. The van der Waals surface area contributed by atoms with Crippen LogP contribution in [0.1, 0.15) is 25.6 Å². The van der Waals surface area contributed by atoms with Crippen LogP contribution in [0.15, 0.2) is 23.6 Å². The SMILES string of the molecule is COC(=O)c1scc(C)c1NC(=O)c1cc(F)cc(F)c1. The zero-order valence-corrected chi connectivity index (χ0v) is 12.0. The molecular formula is C14H11F2NO3S. The lowest BCUT2D eigenvalue weighted by molar-refractivity contribution is 0.0607. The zero-order chi connectivity index (χ0) is 15.6. The molecule has 2 rings (SSSR count). The number of benzene rings is 1. The highest BCUT2D eigenvalue weighted by molar-refractivity contribution is 7.12. The van der Waals surface area contributed by atoms with Gasteiger partial charge in [0.2, 0.25) is 0 Å². The van der Waals surface area contributed by atoms with Crippen molar-refractivity contribution in [1.29, 1.82) is 0 Å². The van der Waals surface area contributed by atoms with Gasteiger partial charge in [0, 0.05) is 11.6 Å². The van der Waals surface area contributed by atoms with Gasteiger partial charge in [-0.15, -0.1) is 11.3 Å². The number of rotatable bonds is 3. The number of carbonyl (C=O) groups excluding carboxylic acids is 2. The van der Waals surface area contributed by atoms with Gasteiger partial charge in [0.05, 0.1) is 12.8 Å². The Labute approximate surface area is 123 Å². The first-order chi connectivity index (χ1) is 9.92. The van der Waals surface area contributed by atoms with Gasteiger partial charge in [-0.1, -0.05) is 0 Å². The predicted molar refractivity (Wildman–Crippen MR) is 74.7 cm³/mol. The van der Waals surface area contributed by atoms with Gasteiger partial charge in [0.25, 0.3) is 5.91 Å². The maximum Gasteiger partial charge on any atom is 0.350 e. The van der Waals surface area contributed by atoms with E-state index in [1.54, 1.807) is 12.3 Å². The molecule has 0 aliphatic heterocycles. The lowest BCUT2D eigenvalue weighted by Gasteiger charge is -2.07. The molecule has 0 aliphatic carbocycles. The number of amides is 1. The first-order valence-corrected chi connectivity index (χ1v) is 6.74. The standard InChI is InChI=1S/C14H11F2NO3S/c1-7-6-21-12(14(19)20-2)11(7)17-13(18)8-3-9(15)5-10(16)4-8/h3-6H,1-2H3,(H,17,18). The van der Waals surface area contributed by atoms with E-state index in [0.29, 0.717) is 11.6 Å². The topological polar surface area (TPSA) is 55.4 Å². The highest BCUT2D eigenvalue weighted by Crippen LogP contribution is 2.28. The molecule has 1 aromatic carbocycles. The first-order valence-electron chi connectivity index (χ1n) is 5.86. The Morgan fingerprint density at radius 3 is 2.38 bits per heavy atom. The van der Waals surface area contributed by atoms with Crippen LogP contribution in [0.25, 0.3) is 0 Å². The molecule has 1 amide bonds. The number of ether oxygens (including phenoxy) is 1. The van der Waals surface area contributed by atoms with Crippen molar-refractivity contribution in [2.75, 3.05) is 12.4 Å². The third kappa shape index (κ3) is 3.25. The van der Waals surface area contributed by atoms with Gasteiger partial charge in [-0.2, -0.15) is 0 Å². The molecule has 1 N–H and O–H groups in total. The molecule has 4 nitrogen and oxygen atoms in total. The lowest BCUT2D eigenvalue weighted by atomic mass is 10.2. The van der Waals surface area contributed by atoms with Crippen molar-refractivity contribution in [2.24, 2.45) is 0 Å². The number of esters is 1. The molecule has 0 atom stereocenters. The van der Waals surface area contributed by atoms with E-state index in [1.807, 2.05) is 0 Å². The number of anilines is 1. The van der Waals surface area contributed by atoms with Crippen LogP contribution in [0.2, 0.25) is 0 Å². The summed E-state index contributed by atoms with van der Waals surface area (Å²) in [7, 11) is 1.23. The van der Waals surface area contributed by atoms with Gasteiger partial charge < -0.3 is 10.1 Å². The molecule has 0 radical (unpaired) electrons. The second-order valence-electron chi connectivity index (χ2n) is 4.23. The fraction of sp³-hybridized carbons (Fsp3) is 0.143. The Bertz CT molecular complexity index is 692. The number of hydrogen-bond donors (Lipinski definition) is 1. The molecule has 1 aromatic heterocycles. The highest BCUT2D eigenvalue weighted by atomic mass is 32.1. The van der Waals surface area contributed by atoms with E-state index in [-0.39, 0.29) is 16.1 Å². The van der Waals surface area contributed by atoms with E-state index in [2.05, 4.69) is 10.1 Å². The molecule has 0 unspecified atom stereocenters. The molecule has 0 spiro atoms. The summed E-state index contributed by atoms with van der Waals surface area (Å²) in [4.78, 5) is 23.9. The summed E-state index contributed by atoms with van der Waals surface area (Å²) in [6, 6.07) is 2.50. The van der Waals surface area contributed by atoms with Crippen LogP contribution >= 0.6 is 11.3 Å². The minimum atomic E-state index is -0.851. The van der Waals surface area contributed by atoms with E-state index in [9.17, 15) is 18.4 Å². The third-order valence-corrected chi connectivity index (χ3v) is 3.79. The summed E-state index contributed by atoms with van der Waals surface area (Å²) < 4.78 is 30.8. The van der Waals surface area contributed by atoms with E-state index < -0.39 is 23.5 Å². The van der Waals surface area contributed by atoms with Crippen molar-refractivity contribution in [3.8, 4) is 0 Å². The average Bonchev–Trinajstić information content (AvgIpc) is 2.78. The summed E-state index contributed by atoms with van der Waals surface area (Å²) in [5, 5.41) is 4.16. The van der Waals surface area contributed by atoms with Crippen LogP contribution in [0.5, 0.6) is 0 Å². The maximum atomic E-state index is 13.1. The summed E-state index contributed by atoms with van der Waals surface area (Å²) in [5.41, 5.74) is 0.765. The van der Waals surface area contributed by atoms with Crippen molar-refractivity contribution < 1.29 is 23.1 Å². The highest BCUT2D eigenvalue weighted by Gasteiger charge is 2.19. The Balaban J connectivity index is 2.31. The number of aryl methyl sites for hydroxylation is 1. The second-order valence-corrected chi connectivity index (χ2v) is 5.11. The third-order valence-electron chi connectivity index (χ3n) is 2.71. The molecule has 0 aliphatic rings. The van der Waals surface area contributed by atoms with Crippen LogP contribution in [0, 0.1) is 18.6 Å². The molecule has 0 bridgehead atoms. The van der Waals surface area contributed by atoms with Crippen molar-refractivity contribution in [3.05, 3.63) is 51.2 Å². The van der Waals surface area contributed by atoms with Gasteiger partial charge in [-0.25, -0.2) is 13.6 Å². The van der Waals surface area contributed by atoms with Gasteiger partial charge in [0.1, 0.15) is 16.5 Å². The molecule has 0 saturated heterocycles. The van der Waals surface area contributed by atoms with Crippen LogP contribution in [0.4, 0.5) is 14.5 Å². The Kier molecular flexibility index (Phi) is 4.32. The van der Waals surface area contributed by atoms with E-state index in [0.717, 1.165) is 23.5 Å². The molecular weight excluding hydrogens is 300 g/mol. The fourth-order valence-corrected chi connectivity index (χ4v) is 2.63. The van der Waals surface area contributed by atoms with E-state index in [4.69, 9.17) is 0 Å². The largest absolute Gasteiger partial charge is 0.465 e. The van der Waals surface area contributed by atoms with Crippen LogP contribution in [0.3, 0.4) is 0 Å². The predicted octanol–water partition coefficient (Wildman–Crippen LogP) is 3.37. The number of methoxy groups -OCH3 is 1. The van der Waals surface area contributed by atoms with Gasteiger partial charge in [-0.05, 0) is 30.0 Å². The van der Waals surface area contributed by atoms with Gasteiger partial charge in [-0.3, -0.25) is 4.79 Å². The van der Waals surface area contributed by atoms with Crippen molar-refractivity contribution in [1.82, 2.24) is 0 Å². The number of carbonyl (C=O) groups is 2. The number of hydrogen-bond acceptors (Lipinski definition) is 4. The van der Waals surface area contributed by atoms with E-state index >= 15 is 0 Å². The Hall–Kier alpha value is -2.28. The van der Waals surface area contributed by atoms with Gasteiger partial charge in [0.15, 0.2) is 0 Å². The zero-order valence-electron chi connectivity index (χ0n) is 11.2. The molecule has 1 heterocycles. The normalized spacial score (nSPS) is 10.3. The summed E-state index contributed by atoms with van der Waals surface area (Å²) >= 11 is 1.11. The number of thiophene rings is 1. The quantitative estimate of drug-likeness (QED) is 0.884. The first kappa shape index (κ1) is 15.1. The maximum absolute atomic E-state index is 13.1. The summed E-state index contributed by atoms with van der Waals surface area (Å²) in [6.45, 7) is 1.70. The smallest absolute Gasteiger partial charge is 0.350 e. The molecule has 7 heteroatoms. The monoisotopic (exact) mass is 311 g/mol. The minimum absolute atomic E-state index is 0.172. The van der Waals surface area contributed by atoms with Gasteiger partial charge >= 0.3 is 5.97 Å². The van der Waals surface area contributed by atoms with Crippen LogP contribution in [-0.4, -0.2) is 19.0 Å². The molecule has 110 valence electrons. The Morgan fingerprint density at radius 2 is 1.81 bits per heavy atom. The summed E-state index contributed by atoms with van der Waals surface area (Å²) in [6.07, 6.45) is 0. The van der Waals surface area contributed by atoms with Crippen LogP contribution < -0.4 is 5.32 Å². The lowest BCUT2D eigenvalue weighted by Crippen LogP contribution is -2.15. The molecule has 0 fully saturated rings.